The van der Waals surface area contributed by atoms with Gasteiger partial charge in [-0.3, -0.25) is 9.69 Å². The van der Waals surface area contributed by atoms with Gasteiger partial charge in [0, 0.05) is 36.3 Å². The van der Waals surface area contributed by atoms with Gasteiger partial charge < -0.3 is 14.8 Å². The van der Waals surface area contributed by atoms with Crippen LogP contribution in [-0.2, 0) is 6.54 Å². The Labute approximate surface area is 187 Å². The highest BCUT2D eigenvalue weighted by Gasteiger charge is 2.24. The topological polar surface area (TPSA) is 50.8 Å². The fraction of sp³-hybridized carbons (Fsp3) is 0.240. The van der Waals surface area contributed by atoms with Crippen molar-refractivity contribution in [2.45, 2.75) is 19.0 Å². The van der Waals surface area contributed by atoms with E-state index in [0.717, 1.165) is 37.4 Å². The molecule has 0 saturated carbocycles. The molecule has 6 heteroatoms. The molecule has 0 spiro atoms. The van der Waals surface area contributed by atoms with Crippen LogP contribution in [-0.4, -0.2) is 37.0 Å². The van der Waals surface area contributed by atoms with Gasteiger partial charge in [0.05, 0.1) is 7.11 Å². The summed E-state index contributed by atoms with van der Waals surface area (Å²) in [4.78, 5) is 14.8. The van der Waals surface area contributed by atoms with Gasteiger partial charge in [0.2, 0.25) is 0 Å². The fourth-order valence-corrected chi connectivity index (χ4v) is 3.89. The average molecular weight is 437 g/mol. The first-order valence-corrected chi connectivity index (χ1v) is 10.7. The maximum absolute atomic E-state index is 12.4. The number of nitrogens with zero attached hydrogens (tertiary/aromatic N) is 1. The molecule has 0 bridgehead atoms. The van der Waals surface area contributed by atoms with Gasteiger partial charge >= 0.3 is 0 Å². The summed E-state index contributed by atoms with van der Waals surface area (Å²) >= 11 is 5.90. The van der Waals surface area contributed by atoms with E-state index in [0.29, 0.717) is 22.1 Å². The van der Waals surface area contributed by atoms with Crippen molar-refractivity contribution < 1.29 is 14.3 Å². The molecular formula is C25H25ClN2O3. The predicted molar refractivity (Wildman–Crippen MR) is 122 cm³/mol. The summed E-state index contributed by atoms with van der Waals surface area (Å²) in [6.07, 6.45) is 0.927. The van der Waals surface area contributed by atoms with Crippen molar-refractivity contribution in [2.75, 3.05) is 20.2 Å². The Morgan fingerprint density at radius 1 is 1.06 bits per heavy atom. The van der Waals surface area contributed by atoms with Crippen LogP contribution in [0.5, 0.6) is 17.2 Å². The number of halogens is 1. The normalized spacial score (nSPS) is 16.1. The van der Waals surface area contributed by atoms with Crippen LogP contribution in [0.2, 0.25) is 5.02 Å². The summed E-state index contributed by atoms with van der Waals surface area (Å²) in [5.74, 6) is 2.10. The maximum Gasteiger partial charge on any atom is 0.251 e. The van der Waals surface area contributed by atoms with Crippen LogP contribution in [0.1, 0.15) is 22.3 Å². The van der Waals surface area contributed by atoms with Crippen molar-refractivity contribution in [3.05, 3.63) is 88.9 Å². The van der Waals surface area contributed by atoms with E-state index in [2.05, 4.69) is 16.3 Å². The molecule has 1 amide bonds. The van der Waals surface area contributed by atoms with Gasteiger partial charge in [-0.25, -0.2) is 0 Å². The summed E-state index contributed by atoms with van der Waals surface area (Å²) in [6, 6.07) is 22.8. The molecule has 1 fully saturated rings. The quantitative estimate of drug-likeness (QED) is 0.556. The Balaban J connectivity index is 1.33. The van der Waals surface area contributed by atoms with E-state index in [1.165, 1.54) is 0 Å². The van der Waals surface area contributed by atoms with Crippen LogP contribution < -0.4 is 14.8 Å². The number of hydrogen-bond acceptors (Lipinski definition) is 4. The lowest BCUT2D eigenvalue weighted by Crippen LogP contribution is -2.36. The first kappa shape index (κ1) is 21.2. The van der Waals surface area contributed by atoms with E-state index in [4.69, 9.17) is 21.1 Å². The lowest BCUT2D eigenvalue weighted by molar-refractivity contribution is 0.0937. The van der Waals surface area contributed by atoms with E-state index in [1.807, 2.05) is 42.5 Å². The summed E-state index contributed by atoms with van der Waals surface area (Å²) in [7, 11) is 1.63. The standard InChI is InChI=1S/C25H25ClN2O3/c1-30-23-7-2-3-8-24(23)31-22-6-4-5-18(15-22)16-28-14-13-21(17-28)27-25(29)19-9-11-20(26)12-10-19/h2-12,15,21H,13-14,16-17H2,1H3,(H,27,29). The Hall–Kier alpha value is -3.02. The molecule has 0 aromatic heterocycles. The molecule has 1 N–H and O–H groups in total. The smallest absolute Gasteiger partial charge is 0.251 e. The number of para-hydroxylation sites is 2. The van der Waals surface area contributed by atoms with Crippen LogP contribution in [0, 0.1) is 0 Å². The number of carbonyl (C=O) groups excluding carboxylic acids is 1. The van der Waals surface area contributed by atoms with Gasteiger partial charge in [0.1, 0.15) is 5.75 Å². The van der Waals surface area contributed by atoms with Crippen molar-refractivity contribution in [2.24, 2.45) is 0 Å². The molecule has 5 nitrogen and oxygen atoms in total. The molecule has 1 saturated heterocycles. The highest BCUT2D eigenvalue weighted by Crippen LogP contribution is 2.31. The Bertz CT molecular complexity index is 1040. The number of methoxy groups -OCH3 is 1. The van der Waals surface area contributed by atoms with Crippen molar-refractivity contribution in [1.29, 1.82) is 0 Å². The van der Waals surface area contributed by atoms with Gasteiger partial charge in [-0.15, -0.1) is 0 Å². The van der Waals surface area contributed by atoms with E-state index in [-0.39, 0.29) is 11.9 Å². The lowest BCUT2D eigenvalue weighted by atomic mass is 10.2. The monoisotopic (exact) mass is 436 g/mol. The van der Waals surface area contributed by atoms with Crippen molar-refractivity contribution >= 4 is 17.5 Å². The van der Waals surface area contributed by atoms with Crippen LogP contribution in [0.3, 0.4) is 0 Å². The second-order valence-corrected chi connectivity index (χ2v) is 8.04. The molecular weight excluding hydrogens is 412 g/mol. The number of benzene rings is 3. The van der Waals surface area contributed by atoms with Gasteiger partial charge in [0.25, 0.3) is 5.91 Å². The largest absolute Gasteiger partial charge is 0.493 e. The molecule has 0 aliphatic carbocycles. The van der Waals surface area contributed by atoms with Crippen LogP contribution >= 0.6 is 11.6 Å². The van der Waals surface area contributed by atoms with Crippen LogP contribution in [0.15, 0.2) is 72.8 Å². The molecule has 3 aromatic carbocycles. The second kappa shape index (κ2) is 9.86. The molecule has 1 atom stereocenters. The minimum atomic E-state index is -0.0595. The number of hydrogen-bond donors (Lipinski definition) is 1. The predicted octanol–water partition coefficient (Wildman–Crippen LogP) is 5.15. The zero-order valence-electron chi connectivity index (χ0n) is 17.4. The van der Waals surface area contributed by atoms with Crippen LogP contribution in [0.4, 0.5) is 0 Å². The van der Waals surface area contributed by atoms with Gasteiger partial charge in [-0.1, -0.05) is 35.9 Å². The third-order valence-electron chi connectivity index (χ3n) is 5.32. The molecule has 1 aliphatic rings. The highest BCUT2D eigenvalue weighted by atomic mass is 35.5. The zero-order chi connectivity index (χ0) is 21.6. The summed E-state index contributed by atoms with van der Waals surface area (Å²) in [6.45, 7) is 2.55. The minimum Gasteiger partial charge on any atom is -0.493 e. The number of nitrogens with one attached hydrogen (secondary N) is 1. The fourth-order valence-electron chi connectivity index (χ4n) is 3.76. The van der Waals surface area contributed by atoms with Gasteiger partial charge in [-0.2, -0.15) is 0 Å². The van der Waals surface area contributed by atoms with E-state index in [9.17, 15) is 4.79 Å². The molecule has 3 aromatic rings. The van der Waals surface area contributed by atoms with Gasteiger partial charge in [0.15, 0.2) is 11.5 Å². The minimum absolute atomic E-state index is 0.0595. The highest BCUT2D eigenvalue weighted by molar-refractivity contribution is 6.30. The molecule has 160 valence electrons. The number of rotatable bonds is 7. The molecule has 4 rings (SSSR count). The molecule has 1 heterocycles. The lowest BCUT2D eigenvalue weighted by Gasteiger charge is -2.17. The summed E-state index contributed by atoms with van der Waals surface area (Å²) in [5.41, 5.74) is 1.79. The molecule has 1 unspecified atom stereocenters. The van der Waals surface area contributed by atoms with E-state index in [1.54, 1.807) is 31.4 Å². The molecule has 1 aliphatic heterocycles. The van der Waals surface area contributed by atoms with Crippen molar-refractivity contribution in [1.82, 2.24) is 10.2 Å². The Morgan fingerprint density at radius 3 is 2.61 bits per heavy atom. The third kappa shape index (κ3) is 5.57. The number of ether oxygens (including phenoxy) is 2. The van der Waals surface area contributed by atoms with E-state index >= 15 is 0 Å². The first-order valence-electron chi connectivity index (χ1n) is 10.3. The molecule has 0 radical (unpaired) electrons. The number of carbonyl (C=O) groups is 1. The van der Waals surface area contributed by atoms with E-state index < -0.39 is 0 Å². The van der Waals surface area contributed by atoms with Crippen molar-refractivity contribution in [3.63, 3.8) is 0 Å². The number of likely N-dealkylation sites (tertiary alicyclic amines) is 1. The molecule has 31 heavy (non-hydrogen) atoms. The third-order valence-corrected chi connectivity index (χ3v) is 5.57. The van der Waals surface area contributed by atoms with Crippen molar-refractivity contribution in [3.8, 4) is 17.2 Å². The second-order valence-electron chi connectivity index (χ2n) is 7.60. The Morgan fingerprint density at radius 2 is 1.84 bits per heavy atom. The first-order chi connectivity index (χ1) is 15.1. The summed E-state index contributed by atoms with van der Waals surface area (Å²) in [5, 5.41) is 3.75. The Kier molecular flexibility index (Phi) is 6.75. The summed E-state index contributed by atoms with van der Waals surface area (Å²) < 4.78 is 11.4. The van der Waals surface area contributed by atoms with Gasteiger partial charge in [-0.05, 0) is 60.5 Å². The average Bonchev–Trinajstić information content (AvgIpc) is 3.21. The number of amides is 1. The maximum atomic E-state index is 12.4. The SMILES string of the molecule is COc1ccccc1Oc1cccc(CN2CCC(NC(=O)c3ccc(Cl)cc3)C2)c1. The zero-order valence-corrected chi connectivity index (χ0v) is 18.1. The van der Waals surface area contributed by atoms with Crippen LogP contribution in [0.25, 0.3) is 0 Å².